The van der Waals surface area contributed by atoms with Crippen molar-refractivity contribution in [3.63, 3.8) is 0 Å². The van der Waals surface area contributed by atoms with E-state index < -0.39 is 18.3 Å². The van der Waals surface area contributed by atoms with E-state index in [1.807, 2.05) is 0 Å². The van der Waals surface area contributed by atoms with E-state index >= 15 is 0 Å². The number of hydrogen-bond acceptors (Lipinski definition) is 0. The van der Waals surface area contributed by atoms with Crippen LogP contribution in [0.1, 0.15) is 47.6 Å². The number of fused-ring (bicyclic) bond motifs is 2. The summed E-state index contributed by atoms with van der Waals surface area (Å²) in [6.45, 7) is 2.40. The molecule has 0 fully saturated rings. The molecule has 2 atom stereocenters. The van der Waals surface area contributed by atoms with Gasteiger partial charge in [0.1, 0.15) is 0 Å². The van der Waals surface area contributed by atoms with Crippen LogP contribution in [0.3, 0.4) is 0 Å². The molecule has 0 nitrogen and oxygen atoms in total. The first-order valence-corrected chi connectivity index (χ1v) is 20.6. The molecule has 6 rings (SSSR count). The zero-order valence-corrected chi connectivity index (χ0v) is 22.8. The fourth-order valence-corrected chi connectivity index (χ4v) is 27.6. The van der Waals surface area contributed by atoms with Crippen LogP contribution in [0.15, 0.2) is 121 Å². The number of rotatable bonds is 6. The number of benzene rings is 4. The van der Waals surface area contributed by atoms with Gasteiger partial charge in [-0.1, -0.05) is 0 Å². The molecular formula is C34H32Zr. The third-order valence-corrected chi connectivity index (χ3v) is 29.1. The van der Waals surface area contributed by atoms with Gasteiger partial charge in [0.15, 0.2) is 0 Å². The van der Waals surface area contributed by atoms with Crippen LogP contribution in [0.2, 0.25) is 0 Å². The van der Waals surface area contributed by atoms with Crippen LogP contribution < -0.4 is 0 Å². The number of allylic oxidation sites excluding steroid dienone is 2. The van der Waals surface area contributed by atoms with Crippen molar-refractivity contribution in [2.24, 2.45) is 0 Å². The van der Waals surface area contributed by atoms with Gasteiger partial charge in [-0.05, 0) is 0 Å². The van der Waals surface area contributed by atoms with E-state index in [2.05, 4.69) is 144 Å². The van der Waals surface area contributed by atoms with E-state index in [4.69, 9.17) is 0 Å². The van der Waals surface area contributed by atoms with Crippen LogP contribution in [0.5, 0.6) is 0 Å². The van der Waals surface area contributed by atoms with E-state index in [0.29, 0.717) is 7.25 Å². The van der Waals surface area contributed by atoms with Gasteiger partial charge in [0.2, 0.25) is 0 Å². The van der Waals surface area contributed by atoms with Gasteiger partial charge in [0.25, 0.3) is 0 Å². The summed E-state index contributed by atoms with van der Waals surface area (Å²) in [6.07, 6.45) is 9.96. The first-order chi connectivity index (χ1) is 17.2. The molecule has 2 aliphatic rings. The molecule has 0 heterocycles. The molecule has 0 spiro atoms. The Morgan fingerprint density at radius 1 is 0.543 bits per heavy atom. The monoisotopic (exact) mass is 530 g/mol. The summed E-state index contributed by atoms with van der Waals surface area (Å²) in [5.41, 5.74) is 8.81. The Kier molecular flexibility index (Phi) is 5.78. The van der Waals surface area contributed by atoms with E-state index in [9.17, 15) is 0 Å². The van der Waals surface area contributed by atoms with Crippen molar-refractivity contribution in [2.45, 2.75) is 22.4 Å². The van der Waals surface area contributed by atoms with Crippen molar-refractivity contribution in [1.29, 1.82) is 0 Å². The second kappa shape index (κ2) is 8.96. The summed E-state index contributed by atoms with van der Waals surface area (Å²) in [5, 5.41) is 0. The maximum atomic E-state index is 2.79. The Hall–Kier alpha value is -2.89. The second-order valence-electron chi connectivity index (χ2n) is 10.5. The van der Waals surface area contributed by atoms with E-state index in [0.717, 1.165) is 0 Å². The molecule has 4 aromatic carbocycles. The molecule has 35 heavy (non-hydrogen) atoms. The van der Waals surface area contributed by atoms with Crippen molar-refractivity contribution < 1.29 is 18.3 Å². The fraction of sp³-hybridized carbons (Fsp3) is 0.147. The predicted octanol–water partition coefficient (Wildman–Crippen LogP) is 8.43. The molecule has 0 radical (unpaired) electrons. The molecule has 0 saturated carbocycles. The molecule has 0 amide bonds. The van der Waals surface area contributed by atoms with Crippen LogP contribution in [0.4, 0.5) is 0 Å². The van der Waals surface area contributed by atoms with Gasteiger partial charge in [-0.15, -0.1) is 0 Å². The predicted molar refractivity (Wildman–Crippen MR) is 148 cm³/mol. The molecule has 0 aromatic heterocycles. The molecule has 2 aliphatic carbocycles. The maximum absolute atomic E-state index is 4.06. The molecule has 2 unspecified atom stereocenters. The van der Waals surface area contributed by atoms with Crippen molar-refractivity contribution >= 4 is 15.9 Å². The SMILES string of the molecule is C[CH]=[Zr]([CH2]c1ccccc1)([CH2]c1ccccc1)([CH]1C=Cc2ccccc21)[CH]1C=Cc2ccccc21. The van der Waals surface area contributed by atoms with Gasteiger partial charge in [-0.2, -0.15) is 0 Å². The molecule has 4 aromatic rings. The molecular weight excluding hydrogens is 500 g/mol. The summed E-state index contributed by atoms with van der Waals surface area (Å²) < 4.78 is 6.04. The van der Waals surface area contributed by atoms with Crippen LogP contribution in [0.25, 0.3) is 12.2 Å². The van der Waals surface area contributed by atoms with Crippen molar-refractivity contribution in [3.05, 3.63) is 155 Å². The minimum atomic E-state index is -4.06. The molecule has 0 saturated heterocycles. The van der Waals surface area contributed by atoms with Gasteiger partial charge in [0, 0.05) is 0 Å². The first-order valence-electron chi connectivity index (χ1n) is 12.8. The van der Waals surface area contributed by atoms with Gasteiger partial charge < -0.3 is 0 Å². The molecule has 0 N–H and O–H groups in total. The van der Waals surface area contributed by atoms with Crippen LogP contribution >= 0.6 is 0 Å². The molecule has 172 valence electrons. The zero-order chi connectivity index (χ0) is 23.7. The first kappa shape index (κ1) is 22.6. The summed E-state index contributed by atoms with van der Waals surface area (Å²) in [4.78, 5) is 0. The quantitative estimate of drug-likeness (QED) is 0.234. The number of hydrogen-bond donors (Lipinski definition) is 0. The van der Waals surface area contributed by atoms with Gasteiger partial charge in [-0.3, -0.25) is 0 Å². The normalized spacial score (nSPS) is 18.3. The molecule has 0 bridgehead atoms. The van der Waals surface area contributed by atoms with Crippen LogP contribution in [-0.4, -0.2) is 3.71 Å². The minimum absolute atomic E-state index is 0.457. The molecule has 0 aliphatic heterocycles. The Balaban J connectivity index is 1.69. The molecule has 1 heteroatoms. The standard InChI is InChI=1S/2C9H7.2C7H7.C2H4.Zr/c2*1-2-5-9-7-3-6-8(9)4-1;2*1-7-5-3-2-4-6-7;1-2;/h2*1-7H;2*2-6H,1H2;1H,2H3;. The average molecular weight is 532 g/mol. The summed E-state index contributed by atoms with van der Waals surface area (Å²) in [5.74, 6) is 0. The Bertz CT molecular complexity index is 1380. The van der Waals surface area contributed by atoms with E-state index in [1.165, 1.54) is 41.6 Å². The zero-order valence-electron chi connectivity index (χ0n) is 20.3. The summed E-state index contributed by atoms with van der Waals surface area (Å²) in [7, 11) is 0. The second-order valence-corrected chi connectivity index (χ2v) is 26.4. The van der Waals surface area contributed by atoms with Crippen molar-refractivity contribution in [3.8, 4) is 0 Å². The Morgan fingerprint density at radius 3 is 1.37 bits per heavy atom. The van der Waals surface area contributed by atoms with Crippen LogP contribution in [0, 0.1) is 0 Å². The Labute approximate surface area is 210 Å². The van der Waals surface area contributed by atoms with Crippen molar-refractivity contribution in [2.75, 3.05) is 0 Å². The van der Waals surface area contributed by atoms with Crippen molar-refractivity contribution in [1.82, 2.24) is 0 Å². The van der Waals surface area contributed by atoms with Gasteiger partial charge >= 0.3 is 211 Å². The van der Waals surface area contributed by atoms with Gasteiger partial charge in [0.05, 0.1) is 0 Å². The van der Waals surface area contributed by atoms with E-state index in [1.54, 1.807) is 0 Å². The third kappa shape index (κ3) is 3.64. The fourth-order valence-electron chi connectivity index (χ4n) is 7.24. The topological polar surface area (TPSA) is 0 Å². The summed E-state index contributed by atoms with van der Waals surface area (Å²) >= 11 is -4.06. The average Bonchev–Trinajstić information content (AvgIpc) is 3.56. The Morgan fingerprint density at radius 2 is 0.943 bits per heavy atom. The third-order valence-electron chi connectivity index (χ3n) is 8.89. The van der Waals surface area contributed by atoms with Crippen LogP contribution in [-0.2, 0) is 26.6 Å². The van der Waals surface area contributed by atoms with Gasteiger partial charge in [-0.25, -0.2) is 0 Å². The van der Waals surface area contributed by atoms with E-state index in [-0.39, 0.29) is 0 Å². The summed E-state index contributed by atoms with van der Waals surface area (Å²) in [6, 6.07) is 40.8.